The molecule has 2 N–H and O–H groups in total. The number of hydrogen-bond acceptors (Lipinski definition) is 3. The molecule has 0 heterocycles. The molecule has 0 aliphatic heterocycles. The van der Waals surface area contributed by atoms with Crippen LogP contribution in [0.3, 0.4) is 0 Å². The van der Waals surface area contributed by atoms with Crippen molar-refractivity contribution in [2.45, 2.75) is 64.9 Å². The van der Waals surface area contributed by atoms with Crippen molar-refractivity contribution in [1.82, 2.24) is 5.48 Å². The minimum Gasteiger partial charge on any atom is -0.481 e. The molecule has 1 aliphatic rings. The summed E-state index contributed by atoms with van der Waals surface area (Å²) in [7, 11) is 0. The summed E-state index contributed by atoms with van der Waals surface area (Å²) in [6.07, 6.45) is 3.91. The number of carbonyl (C=O) groups excluding carboxylic acids is 1. The van der Waals surface area contributed by atoms with Gasteiger partial charge in [0.25, 0.3) is 0 Å². The molecule has 0 radical (unpaired) electrons. The monoisotopic (exact) mass is 257 g/mol. The zero-order chi connectivity index (χ0) is 13.8. The first kappa shape index (κ1) is 15.0. The molecule has 5 heteroatoms. The van der Waals surface area contributed by atoms with Crippen molar-refractivity contribution in [2.75, 3.05) is 0 Å². The number of carbonyl (C=O) groups is 2. The Morgan fingerprint density at radius 3 is 2.22 bits per heavy atom. The van der Waals surface area contributed by atoms with E-state index in [4.69, 9.17) is 9.94 Å². The van der Waals surface area contributed by atoms with E-state index in [0.717, 1.165) is 25.7 Å². The Labute approximate surface area is 108 Å². The molecule has 0 aromatic heterocycles. The van der Waals surface area contributed by atoms with Gasteiger partial charge in [0.1, 0.15) is 0 Å². The van der Waals surface area contributed by atoms with E-state index in [-0.39, 0.29) is 24.2 Å². The Morgan fingerprint density at radius 1 is 1.22 bits per heavy atom. The van der Waals surface area contributed by atoms with Crippen LogP contribution in [0, 0.1) is 5.41 Å². The summed E-state index contributed by atoms with van der Waals surface area (Å²) in [5, 5.41) is 8.95. The van der Waals surface area contributed by atoms with E-state index in [1.165, 1.54) is 0 Å². The topological polar surface area (TPSA) is 75.6 Å². The first-order valence-corrected chi connectivity index (χ1v) is 6.41. The van der Waals surface area contributed by atoms with Gasteiger partial charge >= 0.3 is 5.97 Å². The average molecular weight is 257 g/mol. The molecule has 0 atom stereocenters. The molecule has 0 aromatic rings. The molecule has 1 saturated carbocycles. The second-order valence-corrected chi connectivity index (χ2v) is 6.19. The molecule has 1 rings (SSSR count). The van der Waals surface area contributed by atoms with Crippen LogP contribution in [0.2, 0.25) is 0 Å². The van der Waals surface area contributed by atoms with E-state index >= 15 is 0 Å². The van der Waals surface area contributed by atoms with E-state index in [9.17, 15) is 9.59 Å². The van der Waals surface area contributed by atoms with Gasteiger partial charge in [0.05, 0.1) is 12.0 Å². The minimum atomic E-state index is -0.832. The van der Waals surface area contributed by atoms with Crippen molar-refractivity contribution in [3.8, 4) is 0 Å². The number of rotatable bonds is 5. The smallest absolute Gasteiger partial charge is 0.303 e. The Bertz CT molecular complexity index is 313. The lowest BCUT2D eigenvalue weighted by Gasteiger charge is -2.27. The highest BCUT2D eigenvalue weighted by Crippen LogP contribution is 2.44. The summed E-state index contributed by atoms with van der Waals surface area (Å²) in [5.74, 6) is -1.06. The Hall–Kier alpha value is -1.10. The fourth-order valence-corrected chi connectivity index (χ4v) is 2.45. The Kier molecular flexibility index (Phi) is 4.73. The third kappa shape index (κ3) is 5.04. The van der Waals surface area contributed by atoms with Crippen LogP contribution in [0.15, 0.2) is 0 Å². The molecule has 0 bridgehead atoms. The predicted octanol–water partition coefficient (Wildman–Crippen LogP) is 2.26. The molecule has 0 unspecified atom stereocenters. The van der Waals surface area contributed by atoms with Crippen LogP contribution in [0.4, 0.5) is 0 Å². The van der Waals surface area contributed by atoms with Gasteiger partial charge in [-0.3, -0.25) is 14.4 Å². The molecule has 104 valence electrons. The lowest BCUT2D eigenvalue weighted by atomic mass is 9.79. The van der Waals surface area contributed by atoms with Crippen LogP contribution in [0.1, 0.15) is 59.3 Å². The van der Waals surface area contributed by atoms with Gasteiger partial charge in [-0.15, -0.1) is 0 Å². The van der Waals surface area contributed by atoms with Crippen molar-refractivity contribution < 1.29 is 19.5 Å². The SMILES string of the molecule is CC(C)(C)ONC(=O)CC1(CC(=O)O)CCCC1. The normalized spacial score (nSPS) is 18.6. The maximum atomic E-state index is 11.8. The van der Waals surface area contributed by atoms with Crippen molar-refractivity contribution in [3.05, 3.63) is 0 Å². The van der Waals surface area contributed by atoms with E-state index in [1.54, 1.807) is 0 Å². The Morgan fingerprint density at radius 2 is 1.78 bits per heavy atom. The first-order valence-electron chi connectivity index (χ1n) is 6.41. The fraction of sp³-hybridized carbons (Fsp3) is 0.846. The van der Waals surface area contributed by atoms with Crippen molar-refractivity contribution in [2.24, 2.45) is 5.41 Å². The molecule has 18 heavy (non-hydrogen) atoms. The Balaban J connectivity index is 2.51. The number of aliphatic carboxylic acids is 1. The number of hydroxylamine groups is 1. The van der Waals surface area contributed by atoms with Crippen LogP contribution in [0.25, 0.3) is 0 Å². The zero-order valence-electron chi connectivity index (χ0n) is 11.4. The maximum absolute atomic E-state index is 11.8. The number of amides is 1. The molecular weight excluding hydrogens is 234 g/mol. The summed E-state index contributed by atoms with van der Waals surface area (Å²) in [4.78, 5) is 27.9. The van der Waals surface area contributed by atoms with Crippen molar-refractivity contribution in [3.63, 3.8) is 0 Å². The van der Waals surface area contributed by atoms with Crippen molar-refractivity contribution >= 4 is 11.9 Å². The fourth-order valence-electron chi connectivity index (χ4n) is 2.45. The molecule has 0 saturated heterocycles. The highest BCUT2D eigenvalue weighted by molar-refractivity contribution is 5.77. The van der Waals surface area contributed by atoms with Gasteiger partial charge in [-0.25, -0.2) is 5.48 Å². The van der Waals surface area contributed by atoms with E-state index < -0.39 is 11.6 Å². The van der Waals surface area contributed by atoms with Gasteiger partial charge in [-0.1, -0.05) is 12.8 Å². The van der Waals surface area contributed by atoms with Crippen LogP contribution in [-0.4, -0.2) is 22.6 Å². The predicted molar refractivity (Wildman–Crippen MR) is 66.8 cm³/mol. The zero-order valence-corrected chi connectivity index (χ0v) is 11.4. The lowest BCUT2D eigenvalue weighted by Crippen LogP contribution is -2.37. The summed E-state index contributed by atoms with van der Waals surface area (Å²) in [6, 6.07) is 0. The molecule has 5 nitrogen and oxygen atoms in total. The van der Waals surface area contributed by atoms with Gasteiger partial charge in [0.15, 0.2) is 0 Å². The van der Waals surface area contributed by atoms with Gasteiger partial charge in [-0.05, 0) is 39.0 Å². The largest absolute Gasteiger partial charge is 0.481 e. The molecular formula is C13H23NO4. The van der Waals surface area contributed by atoms with Crippen LogP contribution >= 0.6 is 0 Å². The summed E-state index contributed by atoms with van der Waals surface area (Å²) >= 11 is 0. The standard InChI is InChI=1S/C13H23NO4/c1-12(2,3)18-14-10(15)8-13(9-11(16)17)6-4-5-7-13/h4-9H2,1-3H3,(H,14,15)(H,16,17). The average Bonchev–Trinajstić information content (AvgIpc) is 2.61. The van der Waals surface area contributed by atoms with E-state index in [0.29, 0.717) is 0 Å². The molecule has 1 fully saturated rings. The second kappa shape index (κ2) is 5.69. The number of nitrogens with one attached hydrogen (secondary N) is 1. The second-order valence-electron chi connectivity index (χ2n) is 6.19. The van der Waals surface area contributed by atoms with Crippen LogP contribution in [0.5, 0.6) is 0 Å². The molecule has 1 aliphatic carbocycles. The van der Waals surface area contributed by atoms with Crippen LogP contribution in [-0.2, 0) is 14.4 Å². The lowest BCUT2D eigenvalue weighted by molar-refractivity contribution is -0.149. The highest BCUT2D eigenvalue weighted by Gasteiger charge is 2.38. The van der Waals surface area contributed by atoms with E-state index in [2.05, 4.69) is 5.48 Å². The van der Waals surface area contributed by atoms with Gasteiger partial charge in [0, 0.05) is 6.42 Å². The molecule has 0 spiro atoms. The van der Waals surface area contributed by atoms with Gasteiger partial charge in [-0.2, -0.15) is 0 Å². The van der Waals surface area contributed by atoms with Crippen LogP contribution < -0.4 is 5.48 Å². The quantitative estimate of drug-likeness (QED) is 0.741. The maximum Gasteiger partial charge on any atom is 0.303 e. The minimum absolute atomic E-state index is 0.0654. The molecule has 0 aromatic carbocycles. The third-order valence-corrected chi connectivity index (χ3v) is 3.20. The summed E-state index contributed by atoms with van der Waals surface area (Å²) in [5.41, 5.74) is 1.60. The number of carboxylic acid groups (broad SMARTS) is 1. The van der Waals surface area contributed by atoms with Gasteiger partial charge < -0.3 is 5.11 Å². The summed E-state index contributed by atoms with van der Waals surface area (Å²) in [6.45, 7) is 5.53. The molecule has 1 amide bonds. The number of carboxylic acids is 1. The van der Waals surface area contributed by atoms with E-state index in [1.807, 2.05) is 20.8 Å². The summed E-state index contributed by atoms with van der Waals surface area (Å²) < 4.78 is 0. The number of hydrogen-bond donors (Lipinski definition) is 2. The van der Waals surface area contributed by atoms with Crippen molar-refractivity contribution in [1.29, 1.82) is 0 Å². The third-order valence-electron chi connectivity index (χ3n) is 3.20. The highest BCUT2D eigenvalue weighted by atomic mass is 16.7. The first-order chi connectivity index (χ1) is 8.22. The van der Waals surface area contributed by atoms with Gasteiger partial charge in [0.2, 0.25) is 5.91 Å².